The van der Waals surface area contributed by atoms with Gasteiger partial charge in [0.1, 0.15) is 11.4 Å². The first-order chi connectivity index (χ1) is 14.0. The van der Waals surface area contributed by atoms with Gasteiger partial charge in [0.15, 0.2) is 5.65 Å². The van der Waals surface area contributed by atoms with Crippen LogP contribution in [-0.4, -0.2) is 38.0 Å². The van der Waals surface area contributed by atoms with Gasteiger partial charge in [-0.25, -0.2) is 0 Å². The zero-order valence-corrected chi connectivity index (χ0v) is 16.6. The normalized spacial score (nSPS) is 13.1. The number of anilines is 2. The van der Waals surface area contributed by atoms with Crippen LogP contribution in [0.1, 0.15) is 31.0 Å². The predicted octanol–water partition coefficient (Wildman–Crippen LogP) is 3.10. The highest BCUT2D eigenvalue weighted by molar-refractivity contribution is 5.87. The predicted molar refractivity (Wildman–Crippen MR) is 107 cm³/mol. The summed E-state index contributed by atoms with van der Waals surface area (Å²) in [6.45, 7) is 2.27. The lowest BCUT2D eigenvalue weighted by Crippen LogP contribution is -2.46. The standard InChI is InChI=1S/C19H21F3N8/c1-18(2,19(20,21)22)29-15-13-9-26-30(3)16(13)28-17(27-15)25-10-14(24)12-6-4-5-11(7-12)8-23/h4-7,9,14H,10,24H2,1-3H3,(H2,25,27,28,29)/t14-/m0/s1. The molecule has 0 bridgehead atoms. The lowest BCUT2D eigenvalue weighted by atomic mass is 10.1. The van der Waals surface area contributed by atoms with Gasteiger partial charge in [0.2, 0.25) is 5.95 Å². The molecular weight excluding hydrogens is 397 g/mol. The first kappa shape index (κ1) is 21.3. The summed E-state index contributed by atoms with van der Waals surface area (Å²) in [5.74, 6) is 0.122. The van der Waals surface area contributed by atoms with Crippen LogP contribution in [0.5, 0.6) is 0 Å². The second-order valence-corrected chi connectivity index (χ2v) is 7.37. The first-order valence-corrected chi connectivity index (χ1v) is 9.06. The van der Waals surface area contributed by atoms with E-state index in [0.717, 1.165) is 19.4 Å². The van der Waals surface area contributed by atoms with Crippen LogP contribution in [0.15, 0.2) is 30.5 Å². The minimum absolute atomic E-state index is 0.0120. The number of nitrogens with two attached hydrogens (primary N) is 1. The summed E-state index contributed by atoms with van der Waals surface area (Å²) in [7, 11) is 1.64. The van der Waals surface area contributed by atoms with Crippen molar-refractivity contribution in [1.82, 2.24) is 19.7 Å². The van der Waals surface area contributed by atoms with Crippen molar-refractivity contribution in [2.45, 2.75) is 31.6 Å². The largest absolute Gasteiger partial charge is 0.410 e. The van der Waals surface area contributed by atoms with Crippen LogP contribution in [-0.2, 0) is 7.05 Å². The van der Waals surface area contributed by atoms with E-state index in [1.807, 2.05) is 0 Å². The summed E-state index contributed by atoms with van der Waals surface area (Å²) >= 11 is 0. The fourth-order valence-corrected chi connectivity index (χ4v) is 2.72. The molecule has 0 saturated heterocycles. The Hall–Kier alpha value is -3.39. The fraction of sp³-hybridized carbons (Fsp3) is 0.368. The van der Waals surface area contributed by atoms with Crippen LogP contribution in [0, 0.1) is 11.3 Å². The number of benzene rings is 1. The zero-order valence-electron chi connectivity index (χ0n) is 16.6. The molecule has 0 radical (unpaired) electrons. The second-order valence-electron chi connectivity index (χ2n) is 7.37. The Kier molecular flexibility index (Phi) is 5.54. The van der Waals surface area contributed by atoms with Crippen molar-refractivity contribution in [2.24, 2.45) is 12.8 Å². The van der Waals surface area contributed by atoms with E-state index in [4.69, 9.17) is 11.0 Å². The molecule has 0 amide bonds. The molecule has 3 aromatic rings. The summed E-state index contributed by atoms with van der Waals surface area (Å²) in [6.07, 6.45) is -3.08. The van der Waals surface area contributed by atoms with E-state index < -0.39 is 17.8 Å². The third kappa shape index (κ3) is 4.28. The van der Waals surface area contributed by atoms with Gasteiger partial charge in [-0.2, -0.15) is 33.5 Å². The molecule has 158 valence electrons. The molecule has 0 spiro atoms. The average molecular weight is 418 g/mol. The summed E-state index contributed by atoms with van der Waals surface area (Å²) in [5, 5.41) is 18.9. The monoisotopic (exact) mass is 418 g/mol. The SMILES string of the molecule is Cn1ncc2c(NC(C)(C)C(F)(F)F)nc(NC[C@H](N)c3cccc(C#N)c3)nc21. The fourth-order valence-electron chi connectivity index (χ4n) is 2.72. The second kappa shape index (κ2) is 7.79. The van der Waals surface area contributed by atoms with Crippen molar-refractivity contribution in [3.63, 3.8) is 0 Å². The van der Waals surface area contributed by atoms with E-state index >= 15 is 0 Å². The molecule has 0 saturated carbocycles. The molecule has 2 heterocycles. The number of hydrogen-bond acceptors (Lipinski definition) is 7. The summed E-state index contributed by atoms with van der Waals surface area (Å²) in [6, 6.07) is 8.44. The molecule has 8 nitrogen and oxygen atoms in total. The Morgan fingerprint density at radius 3 is 2.67 bits per heavy atom. The molecule has 30 heavy (non-hydrogen) atoms. The Morgan fingerprint density at radius 1 is 1.27 bits per heavy atom. The molecule has 0 aliphatic carbocycles. The van der Waals surface area contributed by atoms with E-state index in [0.29, 0.717) is 16.6 Å². The van der Waals surface area contributed by atoms with Crippen LogP contribution in [0.2, 0.25) is 0 Å². The number of aromatic nitrogens is 4. The van der Waals surface area contributed by atoms with Gasteiger partial charge in [-0.05, 0) is 31.5 Å². The third-order valence-electron chi connectivity index (χ3n) is 4.66. The highest BCUT2D eigenvalue weighted by Gasteiger charge is 2.48. The number of rotatable bonds is 6. The highest BCUT2D eigenvalue weighted by Crippen LogP contribution is 2.34. The van der Waals surface area contributed by atoms with E-state index in [1.54, 1.807) is 31.3 Å². The third-order valence-corrected chi connectivity index (χ3v) is 4.66. The van der Waals surface area contributed by atoms with Crippen molar-refractivity contribution in [1.29, 1.82) is 5.26 Å². The van der Waals surface area contributed by atoms with Crippen molar-refractivity contribution in [3.8, 4) is 6.07 Å². The number of fused-ring (bicyclic) bond motifs is 1. The topological polar surface area (TPSA) is 117 Å². The number of hydrogen-bond donors (Lipinski definition) is 3. The van der Waals surface area contributed by atoms with Gasteiger partial charge in [0.25, 0.3) is 0 Å². The average Bonchev–Trinajstić information content (AvgIpc) is 3.06. The summed E-state index contributed by atoms with van der Waals surface area (Å²) < 4.78 is 41.5. The number of nitriles is 1. The van der Waals surface area contributed by atoms with E-state index in [9.17, 15) is 13.2 Å². The first-order valence-electron chi connectivity index (χ1n) is 9.06. The van der Waals surface area contributed by atoms with Gasteiger partial charge in [-0.15, -0.1) is 0 Å². The van der Waals surface area contributed by atoms with Crippen molar-refractivity contribution < 1.29 is 13.2 Å². The molecule has 0 unspecified atom stereocenters. The van der Waals surface area contributed by atoms with Crippen LogP contribution >= 0.6 is 0 Å². The zero-order chi connectivity index (χ0) is 22.1. The van der Waals surface area contributed by atoms with Crippen LogP contribution in [0.4, 0.5) is 24.9 Å². The van der Waals surface area contributed by atoms with Gasteiger partial charge < -0.3 is 16.4 Å². The number of halogens is 3. The smallest absolute Gasteiger partial charge is 0.356 e. The van der Waals surface area contributed by atoms with Gasteiger partial charge in [0.05, 0.1) is 23.2 Å². The Labute approximate surface area is 170 Å². The maximum absolute atomic E-state index is 13.3. The lowest BCUT2D eigenvalue weighted by Gasteiger charge is -2.29. The minimum Gasteiger partial charge on any atom is -0.356 e. The van der Waals surface area contributed by atoms with E-state index in [2.05, 4.69) is 31.8 Å². The maximum Gasteiger partial charge on any atom is 0.410 e. The van der Waals surface area contributed by atoms with Gasteiger partial charge in [0, 0.05) is 19.6 Å². The van der Waals surface area contributed by atoms with Gasteiger partial charge >= 0.3 is 6.18 Å². The van der Waals surface area contributed by atoms with Crippen LogP contribution < -0.4 is 16.4 Å². The van der Waals surface area contributed by atoms with E-state index in [-0.39, 0.29) is 18.3 Å². The molecule has 4 N–H and O–H groups in total. The summed E-state index contributed by atoms with van der Waals surface area (Å²) in [5.41, 5.74) is 5.55. The molecule has 0 fully saturated rings. The molecule has 11 heteroatoms. The van der Waals surface area contributed by atoms with Crippen molar-refractivity contribution >= 4 is 22.8 Å². The van der Waals surface area contributed by atoms with Gasteiger partial charge in [-0.3, -0.25) is 4.68 Å². The van der Waals surface area contributed by atoms with Crippen LogP contribution in [0.3, 0.4) is 0 Å². The lowest BCUT2D eigenvalue weighted by molar-refractivity contribution is -0.168. The molecule has 1 atom stereocenters. The number of nitrogens with one attached hydrogen (secondary N) is 2. The highest BCUT2D eigenvalue weighted by atomic mass is 19.4. The van der Waals surface area contributed by atoms with Crippen molar-refractivity contribution in [3.05, 3.63) is 41.6 Å². The van der Waals surface area contributed by atoms with E-state index in [1.165, 1.54) is 10.9 Å². The van der Waals surface area contributed by atoms with Crippen molar-refractivity contribution in [2.75, 3.05) is 17.2 Å². The quantitative estimate of drug-likeness (QED) is 0.563. The molecule has 0 aliphatic heterocycles. The van der Waals surface area contributed by atoms with Gasteiger partial charge in [-0.1, -0.05) is 12.1 Å². The van der Waals surface area contributed by atoms with Crippen LogP contribution in [0.25, 0.3) is 11.0 Å². The Morgan fingerprint density at radius 2 is 2.00 bits per heavy atom. The molecule has 2 aromatic heterocycles. The molecular formula is C19H21F3N8. The molecule has 1 aromatic carbocycles. The minimum atomic E-state index is -4.49. The number of nitrogens with zero attached hydrogens (tertiary/aromatic N) is 5. The molecule has 3 rings (SSSR count). The number of aryl methyl sites for hydroxylation is 1. The molecule has 0 aliphatic rings. The summed E-state index contributed by atoms with van der Waals surface area (Å²) in [4.78, 5) is 8.55. The Balaban J connectivity index is 1.87. The number of alkyl halides is 3. The maximum atomic E-state index is 13.3. The Bertz CT molecular complexity index is 1100.